The molecule has 0 radical (unpaired) electrons. The van der Waals surface area contributed by atoms with Crippen molar-refractivity contribution < 1.29 is 14.2 Å². The molecule has 5 heteroatoms. The van der Waals surface area contributed by atoms with Crippen molar-refractivity contribution in [2.75, 3.05) is 27.9 Å². The van der Waals surface area contributed by atoms with Gasteiger partial charge in [0.2, 0.25) is 0 Å². The van der Waals surface area contributed by atoms with Gasteiger partial charge >= 0.3 is 0 Å². The molecule has 0 aliphatic carbocycles. The number of ether oxygens (including phenoxy) is 3. The lowest BCUT2D eigenvalue weighted by atomic mass is 10.0. The van der Waals surface area contributed by atoms with Gasteiger partial charge in [-0.05, 0) is 24.7 Å². The van der Waals surface area contributed by atoms with Gasteiger partial charge in [-0.1, -0.05) is 11.6 Å². The minimum Gasteiger partial charge on any atom is -0.496 e. The SMILES string of the molecule is COc1ccc(Cl)cc1C(CCN)(OC)OC. The minimum atomic E-state index is -0.926. The largest absolute Gasteiger partial charge is 0.496 e. The summed E-state index contributed by atoms with van der Waals surface area (Å²) in [5, 5.41) is 0.594. The maximum atomic E-state index is 6.00. The molecule has 1 aromatic carbocycles. The smallest absolute Gasteiger partial charge is 0.199 e. The van der Waals surface area contributed by atoms with E-state index in [4.69, 9.17) is 31.5 Å². The van der Waals surface area contributed by atoms with Gasteiger partial charge in [-0.3, -0.25) is 0 Å². The summed E-state index contributed by atoms with van der Waals surface area (Å²) in [7, 11) is 4.73. The number of rotatable bonds is 6. The van der Waals surface area contributed by atoms with Crippen LogP contribution in [0.2, 0.25) is 5.02 Å². The Bertz CT molecular complexity index is 367. The molecule has 17 heavy (non-hydrogen) atoms. The molecule has 0 aliphatic heterocycles. The zero-order valence-electron chi connectivity index (χ0n) is 10.3. The van der Waals surface area contributed by atoms with E-state index in [0.29, 0.717) is 23.7 Å². The molecular formula is C12H18ClNO3. The van der Waals surface area contributed by atoms with Crippen molar-refractivity contribution in [1.82, 2.24) is 0 Å². The number of hydrogen-bond donors (Lipinski definition) is 1. The second kappa shape index (κ2) is 6.21. The summed E-state index contributed by atoms with van der Waals surface area (Å²) in [5.41, 5.74) is 6.34. The molecule has 0 heterocycles. The highest BCUT2D eigenvalue weighted by atomic mass is 35.5. The molecule has 1 aromatic rings. The van der Waals surface area contributed by atoms with E-state index in [1.807, 2.05) is 0 Å². The average Bonchev–Trinajstić information content (AvgIpc) is 2.36. The average molecular weight is 260 g/mol. The Morgan fingerprint density at radius 3 is 2.35 bits per heavy atom. The molecule has 0 saturated carbocycles. The van der Waals surface area contributed by atoms with Gasteiger partial charge < -0.3 is 19.9 Å². The van der Waals surface area contributed by atoms with Gasteiger partial charge in [0.1, 0.15) is 5.75 Å². The van der Waals surface area contributed by atoms with Crippen molar-refractivity contribution >= 4 is 11.6 Å². The van der Waals surface area contributed by atoms with E-state index >= 15 is 0 Å². The van der Waals surface area contributed by atoms with Crippen LogP contribution in [0, 0.1) is 0 Å². The summed E-state index contributed by atoms with van der Waals surface area (Å²) < 4.78 is 16.2. The Labute approximate surface area is 107 Å². The highest BCUT2D eigenvalue weighted by Crippen LogP contribution is 2.37. The van der Waals surface area contributed by atoms with Crippen LogP contribution in [-0.4, -0.2) is 27.9 Å². The molecule has 0 spiro atoms. The molecule has 0 saturated heterocycles. The van der Waals surface area contributed by atoms with Crippen molar-refractivity contribution in [1.29, 1.82) is 0 Å². The van der Waals surface area contributed by atoms with Crippen molar-refractivity contribution in [3.8, 4) is 5.75 Å². The van der Waals surface area contributed by atoms with E-state index in [1.165, 1.54) is 0 Å². The predicted molar refractivity (Wildman–Crippen MR) is 67.4 cm³/mol. The van der Waals surface area contributed by atoms with Gasteiger partial charge in [0.05, 0.1) is 12.7 Å². The second-order valence-corrected chi connectivity index (χ2v) is 3.98. The van der Waals surface area contributed by atoms with E-state index in [-0.39, 0.29) is 0 Å². The Kier molecular flexibility index (Phi) is 5.21. The third kappa shape index (κ3) is 2.90. The summed E-state index contributed by atoms with van der Waals surface area (Å²) in [4.78, 5) is 0. The van der Waals surface area contributed by atoms with Crippen LogP contribution < -0.4 is 10.5 Å². The minimum absolute atomic E-state index is 0.428. The fourth-order valence-corrected chi connectivity index (χ4v) is 1.98. The lowest BCUT2D eigenvalue weighted by Crippen LogP contribution is -2.33. The van der Waals surface area contributed by atoms with Crippen LogP contribution in [0.4, 0.5) is 0 Å². The van der Waals surface area contributed by atoms with E-state index < -0.39 is 5.79 Å². The van der Waals surface area contributed by atoms with E-state index in [9.17, 15) is 0 Å². The monoisotopic (exact) mass is 259 g/mol. The quantitative estimate of drug-likeness (QED) is 0.796. The van der Waals surface area contributed by atoms with Crippen LogP contribution in [0.15, 0.2) is 18.2 Å². The van der Waals surface area contributed by atoms with E-state index in [0.717, 1.165) is 5.56 Å². The number of halogens is 1. The highest BCUT2D eigenvalue weighted by molar-refractivity contribution is 6.30. The molecule has 2 N–H and O–H groups in total. The molecule has 1 rings (SSSR count). The molecular weight excluding hydrogens is 242 g/mol. The van der Waals surface area contributed by atoms with Gasteiger partial charge in [0.25, 0.3) is 0 Å². The second-order valence-electron chi connectivity index (χ2n) is 3.54. The summed E-state index contributed by atoms with van der Waals surface area (Å²) in [6.45, 7) is 0.428. The first-order chi connectivity index (χ1) is 8.13. The zero-order valence-corrected chi connectivity index (χ0v) is 11.1. The molecule has 0 bridgehead atoms. The van der Waals surface area contributed by atoms with Crippen LogP contribution in [0.25, 0.3) is 0 Å². The van der Waals surface area contributed by atoms with Crippen LogP contribution >= 0.6 is 11.6 Å². The number of benzene rings is 1. The topological polar surface area (TPSA) is 53.7 Å². The number of hydrogen-bond acceptors (Lipinski definition) is 4. The van der Waals surface area contributed by atoms with Crippen LogP contribution in [0.3, 0.4) is 0 Å². The number of nitrogens with two attached hydrogens (primary N) is 1. The van der Waals surface area contributed by atoms with Crippen molar-refractivity contribution in [2.24, 2.45) is 5.73 Å². The fraction of sp³-hybridized carbons (Fsp3) is 0.500. The lowest BCUT2D eigenvalue weighted by molar-refractivity contribution is -0.219. The van der Waals surface area contributed by atoms with Crippen LogP contribution in [0.5, 0.6) is 5.75 Å². The van der Waals surface area contributed by atoms with Crippen LogP contribution in [-0.2, 0) is 15.3 Å². The Hall–Kier alpha value is -0.810. The summed E-state index contributed by atoms with van der Waals surface area (Å²) in [5.74, 6) is -0.267. The van der Waals surface area contributed by atoms with Gasteiger partial charge in [0, 0.05) is 25.7 Å². The summed E-state index contributed by atoms with van der Waals surface area (Å²) >= 11 is 6.00. The number of methoxy groups -OCH3 is 3. The van der Waals surface area contributed by atoms with E-state index in [2.05, 4.69) is 0 Å². The molecule has 0 aromatic heterocycles. The third-order valence-corrected chi connectivity index (χ3v) is 2.94. The summed E-state index contributed by atoms with van der Waals surface area (Å²) in [6.07, 6.45) is 0.511. The maximum Gasteiger partial charge on any atom is 0.199 e. The van der Waals surface area contributed by atoms with Gasteiger partial charge in [0.15, 0.2) is 5.79 Å². The molecule has 0 unspecified atom stereocenters. The fourth-order valence-electron chi connectivity index (χ4n) is 1.81. The molecule has 0 fully saturated rings. The lowest BCUT2D eigenvalue weighted by Gasteiger charge is -2.32. The van der Waals surface area contributed by atoms with Crippen molar-refractivity contribution in [3.05, 3.63) is 28.8 Å². The van der Waals surface area contributed by atoms with Crippen LogP contribution in [0.1, 0.15) is 12.0 Å². The molecule has 0 atom stereocenters. The first-order valence-corrected chi connectivity index (χ1v) is 5.65. The normalized spacial score (nSPS) is 11.6. The Morgan fingerprint density at radius 2 is 1.88 bits per heavy atom. The van der Waals surface area contributed by atoms with Gasteiger partial charge in [-0.15, -0.1) is 0 Å². The molecule has 96 valence electrons. The van der Waals surface area contributed by atoms with Crippen molar-refractivity contribution in [3.63, 3.8) is 0 Å². The van der Waals surface area contributed by atoms with E-state index in [1.54, 1.807) is 39.5 Å². The summed E-state index contributed by atoms with van der Waals surface area (Å²) in [6, 6.07) is 5.30. The highest BCUT2D eigenvalue weighted by Gasteiger charge is 2.34. The standard InChI is InChI=1S/C12H18ClNO3/c1-15-11-5-4-9(13)8-10(11)12(16-2,17-3)6-7-14/h4-5,8H,6-7,14H2,1-3H3. The maximum absolute atomic E-state index is 6.00. The molecule has 4 nitrogen and oxygen atoms in total. The third-order valence-electron chi connectivity index (χ3n) is 2.70. The Balaban J connectivity index is 3.29. The van der Waals surface area contributed by atoms with Gasteiger partial charge in [-0.2, -0.15) is 0 Å². The molecule has 0 amide bonds. The first kappa shape index (κ1) is 14.3. The predicted octanol–water partition coefficient (Wildman–Crippen LogP) is 2.14. The Morgan fingerprint density at radius 1 is 1.24 bits per heavy atom. The first-order valence-electron chi connectivity index (χ1n) is 5.28. The van der Waals surface area contributed by atoms with Crippen molar-refractivity contribution in [2.45, 2.75) is 12.2 Å². The molecule has 0 aliphatic rings. The zero-order chi connectivity index (χ0) is 12.9. The van der Waals surface area contributed by atoms with Gasteiger partial charge in [-0.25, -0.2) is 0 Å².